The van der Waals surface area contributed by atoms with Gasteiger partial charge in [0.15, 0.2) is 9.84 Å². The number of pyridine rings is 2. The molecule has 35 heavy (non-hydrogen) atoms. The second kappa shape index (κ2) is 10.8. The van der Waals surface area contributed by atoms with Crippen molar-refractivity contribution in [3.05, 3.63) is 71.7 Å². The fourth-order valence-electron chi connectivity index (χ4n) is 3.71. The zero-order valence-corrected chi connectivity index (χ0v) is 20.6. The van der Waals surface area contributed by atoms with Gasteiger partial charge >= 0.3 is 0 Å². The predicted molar refractivity (Wildman–Crippen MR) is 135 cm³/mol. The van der Waals surface area contributed by atoms with Gasteiger partial charge in [0.05, 0.1) is 17.2 Å². The molecule has 0 bridgehead atoms. The van der Waals surface area contributed by atoms with Crippen molar-refractivity contribution in [2.75, 3.05) is 43.0 Å². The molecular formula is C25H29N5O4S. The van der Waals surface area contributed by atoms with Gasteiger partial charge in [0, 0.05) is 55.4 Å². The van der Waals surface area contributed by atoms with Crippen LogP contribution in [-0.2, 0) is 9.84 Å². The van der Waals surface area contributed by atoms with Crippen LogP contribution in [-0.4, -0.2) is 66.9 Å². The Balaban J connectivity index is 1.28. The Morgan fingerprint density at radius 2 is 1.80 bits per heavy atom. The molecule has 0 spiro atoms. The lowest BCUT2D eigenvalue weighted by molar-refractivity contribution is 0.0948. The Kier molecular flexibility index (Phi) is 7.62. The third-order valence-electron chi connectivity index (χ3n) is 5.71. The molecule has 0 aliphatic carbocycles. The number of nitrogens with zero attached hydrogens (tertiary/aromatic N) is 3. The number of aryl methyl sites for hydroxylation is 2. The third-order valence-corrected chi connectivity index (χ3v) is 7.32. The maximum absolute atomic E-state index is 12.4. The van der Waals surface area contributed by atoms with Crippen LogP contribution in [0.2, 0.25) is 0 Å². The molecule has 1 aromatic carbocycles. The number of benzene rings is 1. The van der Waals surface area contributed by atoms with Gasteiger partial charge in [0.1, 0.15) is 17.3 Å². The van der Waals surface area contributed by atoms with Gasteiger partial charge in [-0.1, -0.05) is 0 Å². The van der Waals surface area contributed by atoms with Crippen LogP contribution in [0.3, 0.4) is 0 Å². The Labute approximate surface area is 205 Å². The molecule has 1 aliphatic heterocycles. The van der Waals surface area contributed by atoms with Crippen molar-refractivity contribution in [2.24, 2.45) is 0 Å². The maximum Gasteiger partial charge on any atom is 0.251 e. The van der Waals surface area contributed by atoms with Gasteiger partial charge in [-0.05, 0) is 56.3 Å². The Bertz CT molecular complexity index is 1280. The van der Waals surface area contributed by atoms with Gasteiger partial charge in [-0.2, -0.15) is 0 Å². The first-order valence-electron chi connectivity index (χ1n) is 11.4. The van der Waals surface area contributed by atoms with E-state index in [1.807, 2.05) is 38.1 Å². The Hall–Kier alpha value is -3.50. The standard InChI is InChI=1S/C25H29N5O4S/c1-18-3-8-23(19(2)28-18)34-22-9-10-26-24(17-22)29-21-6-4-20(5-7-21)25(31)27-11-12-30-13-15-35(32,33)16-14-30/h3-10,17H,11-16H2,1-2H3,(H,26,29)(H,27,31). The van der Waals surface area contributed by atoms with Crippen LogP contribution in [0.5, 0.6) is 11.5 Å². The topological polar surface area (TPSA) is 114 Å². The second-order valence-electron chi connectivity index (χ2n) is 8.47. The molecule has 0 saturated carbocycles. The van der Waals surface area contributed by atoms with Gasteiger partial charge in [0.25, 0.3) is 5.91 Å². The number of carbonyl (C=O) groups is 1. The minimum atomic E-state index is -2.90. The number of anilines is 2. The predicted octanol–water partition coefficient (Wildman–Crippen LogP) is 3.09. The van der Waals surface area contributed by atoms with E-state index < -0.39 is 9.84 Å². The number of carbonyl (C=O) groups excluding carboxylic acids is 1. The van der Waals surface area contributed by atoms with Crippen LogP contribution < -0.4 is 15.4 Å². The molecule has 0 unspecified atom stereocenters. The zero-order chi connectivity index (χ0) is 24.8. The molecule has 10 heteroatoms. The quantitative estimate of drug-likeness (QED) is 0.490. The summed E-state index contributed by atoms with van der Waals surface area (Å²) in [5, 5.41) is 6.11. The summed E-state index contributed by atoms with van der Waals surface area (Å²) in [7, 11) is -2.90. The average molecular weight is 496 g/mol. The average Bonchev–Trinajstić information content (AvgIpc) is 2.83. The SMILES string of the molecule is Cc1ccc(Oc2ccnc(Nc3ccc(C(=O)NCCN4CCS(=O)(=O)CC4)cc3)c2)c(C)n1. The largest absolute Gasteiger partial charge is 0.455 e. The highest BCUT2D eigenvalue weighted by atomic mass is 32.2. The molecule has 2 aromatic heterocycles. The number of nitrogens with one attached hydrogen (secondary N) is 2. The van der Waals surface area contributed by atoms with E-state index in [0.29, 0.717) is 49.1 Å². The van der Waals surface area contributed by atoms with Gasteiger partial charge in [-0.25, -0.2) is 13.4 Å². The Morgan fingerprint density at radius 3 is 2.51 bits per heavy atom. The van der Waals surface area contributed by atoms with Crippen molar-refractivity contribution in [3.8, 4) is 11.5 Å². The van der Waals surface area contributed by atoms with E-state index in [4.69, 9.17) is 4.74 Å². The lowest BCUT2D eigenvalue weighted by atomic mass is 10.2. The molecule has 1 fully saturated rings. The smallest absolute Gasteiger partial charge is 0.251 e. The first kappa shape index (κ1) is 24.6. The van der Waals surface area contributed by atoms with Crippen molar-refractivity contribution in [1.82, 2.24) is 20.2 Å². The summed E-state index contributed by atoms with van der Waals surface area (Å²) in [5.74, 6) is 2.13. The summed E-state index contributed by atoms with van der Waals surface area (Å²) >= 11 is 0. The lowest BCUT2D eigenvalue weighted by Gasteiger charge is -2.26. The number of aromatic nitrogens is 2. The number of ether oxygens (including phenoxy) is 1. The molecule has 3 aromatic rings. The number of hydrogen-bond donors (Lipinski definition) is 2. The van der Waals surface area contributed by atoms with Crippen LogP contribution in [0.15, 0.2) is 54.7 Å². The van der Waals surface area contributed by atoms with Crippen molar-refractivity contribution in [2.45, 2.75) is 13.8 Å². The molecule has 1 amide bonds. The van der Waals surface area contributed by atoms with Crippen LogP contribution in [0.4, 0.5) is 11.5 Å². The summed E-state index contributed by atoms with van der Waals surface area (Å²) < 4.78 is 29.0. The third kappa shape index (κ3) is 7.00. The summed E-state index contributed by atoms with van der Waals surface area (Å²) in [6.45, 7) is 5.96. The molecule has 1 aliphatic rings. The summed E-state index contributed by atoms with van der Waals surface area (Å²) in [6.07, 6.45) is 1.66. The van der Waals surface area contributed by atoms with Crippen molar-refractivity contribution >= 4 is 27.2 Å². The number of hydrogen-bond acceptors (Lipinski definition) is 8. The summed E-state index contributed by atoms with van der Waals surface area (Å²) in [4.78, 5) is 23.2. The van der Waals surface area contributed by atoms with Crippen LogP contribution >= 0.6 is 0 Å². The van der Waals surface area contributed by atoms with Crippen molar-refractivity contribution in [3.63, 3.8) is 0 Å². The van der Waals surface area contributed by atoms with Gasteiger partial charge in [0.2, 0.25) is 0 Å². The van der Waals surface area contributed by atoms with Crippen LogP contribution in [0.25, 0.3) is 0 Å². The molecule has 3 heterocycles. The van der Waals surface area contributed by atoms with Crippen molar-refractivity contribution in [1.29, 1.82) is 0 Å². The number of rotatable bonds is 8. The second-order valence-corrected chi connectivity index (χ2v) is 10.8. The van der Waals surface area contributed by atoms with E-state index in [0.717, 1.165) is 17.1 Å². The Morgan fingerprint density at radius 1 is 1.06 bits per heavy atom. The fraction of sp³-hybridized carbons (Fsp3) is 0.320. The maximum atomic E-state index is 12.4. The van der Waals surface area contributed by atoms with Gasteiger partial charge in [-0.15, -0.1) is 0 Å². The summed E-state index contributed by atoms with van der Waals surface area (Å²) in [5.41, 5.74) is 3.08. The molecule has 4 rings (SSSR count). The van der Waals surface area contributed by atoms with E-state index in [9.17, 15) is 13.2 Å². The fourth-order valence-corrected chi connectivity index (χ4v) is 4.98. The molecule has 0 atom stereocenters. The van der Waals surface area contributed by atoms with E-state index in [2.05, 4.69) is 25.5 Å². The molecular weight excluding hydrogens is 466 g/mol. The zero-order valence-electron chi connectivity index (χ0n) is 19.8. The van der Waals surface area contributed by atoms with Crippen molar-refractivity contribution < 1.29 is 17.9 Å². The molecule has 1 saturated heterocycles. The monoisotopic (exact) mass is 495 g/mol. The van der Waals surface area contributed by atoms with E-state index >= 15 is 0 Å². The minimum Gasteiger partial charge on any atom is -0.455 e. The lowest BCUT2D eigenvalue weighted by Crippen LogP contribution is -2.43. The minimum absolute atomic E-state index is 0.170. The molecule has 2 N–H and O–H groups in total. The van der Waals surface area contributed by atoms with E-state index in [-0.39, 0.29) is 17.4 Å². The van der Waals surface area contributed by atoms with Gasteiger partial charge < -0.3 is 15.4 Å². The summed E-state index contributed by atoms with van der Waals surface area (Å²) in [6, 6.07) is 14.5. The van der Waals surface area contributed by atoms with Gasteiger partial charge in [-0.3, -0.25) is 14.7 Å². The first-order valence-corrected chi connectivity index (χ1v) is 13.3. The van der Waals surface area contributed by atoms with E-state index in [1.165, 1.54) is 0 Å². The molecule has 0 radical (unpaired) electrons. The number of amides is 1. The normalized spacial score (nSPS) is 15.4. The molecule has 9 nitrogen and oxygen atoms in total. The van der Waals surface area contributed by atoms with Crippen LogP contribution in [0.1, 0.15) is 21.7 Å². The van der Waals surface area contributed by atoms with Crippen LogP contribution in [0, 0.1) is 13.8 Å². The first-order chi connectivity index (χ1) is 16.8. The highest BCUT2D eigenvalue weighted by molar-refractivity contribution is 7.91. The van der Waals surface area contributed by atoms with E-state index in [1.54, 1.807) is 30.5 Å². The molecule has 184 valence electrons. The highest BCUT2D eigenvalue weighted by Gasteiger charge is 2.21. The number of sulfone groups is 1. The highest BCUT2D eigenvalue weighted by Crippen LogP contribution is 2.26.